The molecule has 0 amide bonds. The molecule has 0 saturated carbocycles. The standard InChI is InChI=1S/C21H28ClN3O3/c1-15-5-6-17(20(11-15)28-10-9-26-3)14-25-21(23-2)24-13-16-7-8-18(22)12-19(16)27-4/h5-8,11-12H,9-10,13-14H2,1-4H3,(H2,23,24,25). The fraction of sp³-hybridized carbons (Fsp3) is 0.381. The van der Waals surface area contributed by atoms with Crippen molar-refractivity contribution >= 4 is 17.6 Å². The molecule has 28 heavy (non-hydrogen) atoms. The third-order valence-electron chi connectivity index (χ3n) is 4.13. The molecule has 0 aliphatic carbocycles. The number of nitrogens with one attached hydrogen (secondary N) is 2. The maximum Gasteiger partial charge on any atom is 0.191 e. The van der Waals surface area contributed by atoms with Crippen LogP contribution in [0.2, 0.25) is 5.02 Å². The first kappa shape index (κ1) is 21.9. The van der Waals surface area contributed by atoms with Crippen LogP contribution < -0.4 is 20.1 Å². The Morgan fingerprint density at radius 2 is 1.64 bits per heavy atom. The molecule has 0 radical (unpaired) electrons. The SMILES string of the molecule is CN=C(NCc1ccc(Cl)cc1OC)NCc1ccc(C)cc1OCCOC. The van der Waals surface area contributed by atoms with Crippen LogP contribution in [0.1, 0.15) is 16.7 Å². The van der Waals surface area contributed by atoms with Crippen LogP contribution in [-0.2, 0) is 17.8 Å². The van der Waals surface area contributed by atoms with E-state index in [1.165, 1.54) is 0 Å². The largest absolute Gasteiger partial charge is 0.496 e. The highest BCUT2D eigenvalue weighted by Crippen LogP contribution is 2.23. The van der Waals surface area contributed by atoms with Crippen molar-refractivity contribution in [2.24, 2.45) is 4.99 Å². The van der Waals surface area contributed by atoms with Gasteiger partial charge in [0, 0.05) is 43.4 Å². The van der Waals surface area contributed by atoms with E-state index in [0.717, 1.165) is 28.2 Å². The van der Waals surface area contributed by atoms with Gasteiger partial charge >= 0.3 is 0 Å². The van der Waals surface area contributed by atoms with Crippen molar-refractivity contribution in [3.05, 3.63) is 58.1 Å². The minimum absolute atomic E-state index is 0.510. The number of benzene rings is 2. The van der Waals surface area contributed by atoms with E-state index >= 15 is 0 Å². The van der Waals surface area contributed by atoms with Crippen molar-refractivity contribution in [1.29, 1.82) is 0 Å². The van der Waals surface area contributed by atoms with Crippen molar-refractivity contribution in [3.8, 4) is 11.5 Å². The van der Waals surface area contributed by atoms with Gasteiger partial charge < -0.3 is 24.8 Å². The van der Waals surface area contributed by atoms with Crippen molar-refractivity contribution in [2.45, 2.75) is 20.0 Å². The molecule has 7 heteroatoms. The average molecular weight is 406 g/mol. The summed E-state index contributed by atoms with van der Waals surface area (Å²) in [6.45, 7) is 4.24. The lowest BCUT2D eigenvalue weighted by atomic mass is 10.1. The van der Waals surface area contributed by atoms with E-state index in [1.807, 2.05) is 25.1 Å². The molecule has 0 fully saturated rings. The number of halogens is 1. The van der Waals surface area contributed by atoms with E-state index in [0.29, 0.717) is 37.3 Å². The molecule has 0 aromatic heterocycles. The molecule has 152 valence electrons. The molecular formula is C21H28ClN3O3. The van der Waals surface area contributed by atoms with Gasteiger partial charge in [-0.2, -0.15) is 0 Å². The van der Waals surface area contributed by atoms with Gasteiger partial charge in [0.15, 0.2) is 5.96 Å². The molecule has 2 N–H and O–H groups in total. The van der Waals surface area contributed by atoms with Gasteiger partial charge in [-0.1, -0.05) is 29.8 Å². The van der Waals surface area contributed by atoms with Crippen molar-refractivity contribution in [2.75, 3.05) is 34.5 Å². The third kappa shape index (κ3) is 6.62. The number of rotatable bonds is 9. The summed E-state index contributed by atoms with van der Waals surface area (Å²) in [6, 6.07) is 11.7. The zero-order valence-electron chi connectivity index (χ0n) is 16.8. The van der Waals surface area contributed by atoms with E-state index in [1.54, 1.807) is 27.3 Å². The van der Waals surface area contributed by atoms with Crippen molar-refractivity contribution in [1.82, 2.24) is 10.6 Å². The molecule has 2 aromatic carbocycles. The zero-order valence-corrected chi connectivity index (χ0v) is 17.6. The second-order valence-corrected chi connectivity index (χ2v) is 6.62. The molecule has 0 heterocycles. The molecule has 0 unspecified atom stereocenters. The Morgan fingerprint density at radius 1 is 0.964 bits per heavy atom. The van der Waals surface area contributed by atoms with Gasteiger partial charge in [-0.25, -0.2) is 0 Å². The molecule has 0 spiro atoms. The van der Waals surface area contributed by atoms with Crippen LogP contribution in [0, 0.1) is 6.92 Å². The summed E-state index contributed by atoms with van der Waals surface area (Å²) in [6.07, 6.45) is 0. The molecule has 2 rings (SSSR count). The number of hydrogen-bond donors (Lipinski definition) is 2. The molecular weight excluding hydrogens is 378 g/mol. The van der Waals surface area contributed by atoms with E-state index < -0.39 is 0 Å². The first-order chi connectivity index (χ1) is 13.6. The average Bonchev–Trinajstić information content (AvgIpc) is 2.70. The monoisotopic (exact) mass is 405 g/mol. The minimum Gasteiger partial charge on any atom is -0.496 e. The highest BCUT2D eigenvalue weighted by Gasteiger charge is 2.08. The lowest BCUT2D eigenvalue weighted by molar-refractivity contribution is 0.145. The molecule has 0 bridgehead atoms. The quantitative estimate of drug-likeness (QED) is 0.379. The lowest BCUT2D eigenvalue weighted by Crippen LogP contribution is -2.36. The summed E-state index contributed by atoms with van der Waals surface area (Å²) in [5.41, 5.74) is 3.19. The Kier molecular flexibility index (Phi) is 8.91. The predicted molar refractivity (Wildman–Crippen MR) is 114 cm³/mol. The second-order valence-electron chi connectivity index (χ2n) is 6.19. The number of aryl methyl sites for hydroxylation is 1. The lowest BCUT2D eigenvalue weighted by Gasteiger charge is -2.16. The van der Waals surface area contributed by atoms with E-state index in [9.17, 15) is 0 Å². The van der Waals surface area contributed by atoms with Crippen LogP contribution in [0.25, 0.3) is 0 Å². The first-order valence-electron chi connectivity index (χ1n) is 9.05. The van der Waals surface area contributed by atoms with Gasteiger partial charge in [0.1, 0.15) is 18.1 Å². The highest BCUT2D eigenvalue weighted by atomic mass is 35.5. The first-order valence-corrected chi connectivity index (χ1v) is 9.43. The smallest absolute Gasteiger partial charge is 0.191 e. The zero-order chi connectivity index (χ0) is 20.4. The van der Waals surface area contributed by atoms with Gasteiger partial charge in [-0.05, 0) is 30.7 Å². The van der Waals surface area contributed by atoms with Crippen molar-refractivity contribution in [3.63, 3.8) is 0 Å². The fourth-order valence-electron chi connectivity index (χ4n) is 2.62. The van der Waals surface area contributed by atoms with Gasteiger partial charge in [0.2, 0.25) is 0 Å². The maximum atomic E-state index is 6.02. The summed E-state index contributed by atoms with van der Waals surface area (Å²) >= 11 is 6.02. The van der Waals surface area contributed by atoms with Crippen molar-refractivity contribution < 1.29 is 14.2 Å². The highest BCUT2D eigenvalue weighted by molar-refractivity contribution is 6.30. The number of hydrogen-bond acceptors (Lipinski definition) is 4. The summed E-state index contributed by atoms with van der Waals surface area (Å²) in [5.74, 6) is 2.27. The Labute approximate surface area is 171 Å². The van der Waals surface area contributed by atoms with Gasteiger partial charge in [-0.15, -0.1) is 0 Å². The Bertz CT molecular complexity index is 796. The molecule has 0 aliphatic heterocycles. The Hall–Kier alpha value is -2.44. The summed E-state index contributed by atoms with van der Waals surface area (Å²) in [5, 5.41) is 7.25. The summed E-state index contributed by atoms with van der Waals surface area (Å²) in [4.78, 5) is 4.28. The molecule has 0 aliphatic rings. The number of nitrogens with zero attached hydrogens (tertiary/aromatic N) is 1. The van der Waals surface area contributed by atoms with Crippen LogP contribution >= 0.6 is 11.6 Å². The van der Waals surface area contributed by atoms with Crippen LogP contribution in [-0.4, -0.2) is 40.4 Å². The second kappa shape index (κ2) is 11.4. The normalized spacial score (nSPS) is 11.2. The summed E-state index contributed by atoms with van der Waals surface area (Å²) in [7, 11) is 5.03. The van der Waals surface area contributed by atoms with Crippen LogP contribution in [0.4, 0.5) is 0 Å². The van der Waals surface area contributed by atoms with E-state index in [2.05, 4.69) is 27.8 Å². The Morgan fingerprint density at radius 3 is 2.29 bits per heavy atom. The molecule has 0 saturated heterocycles. The molecule has 0 atom stereocenters. The number of ether oxygens (including phenoxy) is 3. The minimum atomic E-state index is 0.510. The summed E-state index contributed by atoms with van der Waals surface area (Å²) < 4.78 is 16.3. The molecule has 6 nitrogen and oxygen atoms in total. The van der Waals surface area contributed by atoms with Gasteiger partial charge in [0.25, 0.3) is 0 Å². The number of guanidine groups is 1. The number of methoxy groups -OCH3 is 2. The van der Waals surface area contributed by atoms with Crippen LogP contribution in [0.3, 0.4) is 0 Å². The topological polar surface area (TPSA) is 64.1 Å². The van der Waals surface area contributed by atoms with Gasteiger partial charge in [0.05, 0.1) is 13.7 Å². The third-order valence-corrected chi connectivity index (χ3v) is 4.37. The van der Waals surface area contributed by atoms with E-state index in [-0.39, 0.29) is 0 Å². The van der Waals surface area contributed by atoms with Crippen LogP contribution in [0.5, 0.6) is 11.5 Å². The number of aliphatic imine (C=N–C) groups is 1. The van der Waals surface area contributed by atoms with E-state index in [4.69, 9.17) is 25.8 Å². The molecule has 2 aromatic rings. The van der Waals surface area contributed by atoms with Gasteiger partial charge in [-0.3, -0.25) is 4.99 Å². The fourth-order valence-corrected chi connectivity index (χ4v) is 2.78. The Balaban J connectivity index is 1.97. The maximum absolute atomic E-state index is 6.02. The van der Waals surface area contributed by atoms with Crippen LogP contribution in [0.15, 0.2) is 41.4 Å². The predicted octanol–water partition coefficient (Wildman–Crippen LogP) is 3.55.